The van der Waals surface area contributed by atoms with Crippen molar-refractivity contribution in [2.24, 2.45) is 5.92 Å². The molecule has 0 aliphatic carbocycles. The number of amides is 1. The first-order chi connectivity index (χ1) is 12.4. The van der Waals surface area contributed by atoms with E-state index in [-0.39, 0.29) is 17.5 Å². The molecule has 0 aromatic carbocycles. The number of pyridine rings is 1. The maximum atomic E-state index is 14.0. The van der Waals surface area contributed by atoms with E-state index in [9.17, 15) is 9.18 Å². The van der Waals surface area contributed by atoms with Gasteiger partial charge in [0.2, 0.25) is 5.91 Å². The van der Waals surface area contributed by atoms with Crippen LogP contribution in [0.4, 0.5) is 10.2 Å². The molecule has 0 bridgehead atoms. The number of anilines is 1. The van der Waals surface area contributed by atoms with E-state index >= 15 is 0 Å². The van der Waals surface area contributed by atoms with Crippen molar-refractivity contribution in [3.8, 4) is 0 Å². The highest BCUT2D eigenvalue weighted by Crippen LogP contribution is 2.28. The van der Waals surface area contributed by atoms with Gasteiger partial charge < -0.3 is 14.7 Å². The Hall–Kier alpha value is -2.35. The highest BCUT2D eigenvalue weighted by Gasteiger charge is 2.31. The van der Waals surface area contributed by atoms with Gasteiger partial charge in [0.05, 0.1) is 12.7 Å². The van der Waals surface area contributed by atoms with Crippen LogP contribution in [0.3, 0.4) is 0 Å². The molecule has 3 rings (SSSR count). The lowest BCUT2D eigenvalue weighted by molar-refractivity contribution is -0.132. The van der Waals surface area contributed by atoms with E-state index in [0.717, 1.165) is 13.0 Å². The van der Waals surface area contributed by atoms with Crippen LogP contribution in [-0.2, 0) is 4.79 Å². The van der Waals surface area contributed by atoms with Crippen molar-refractivity contribution in [2.45, 2.75) is 19.4 Å². The van der Waals surface area contributed by atoms with Gasteiger partial charge in [-0.1, -0.05) is 6.92 Å². The summed E-state index contributed by atoms with van der Waals surface area (Å²) in [6.45, 7) is 3.96. The number of piperidine rings is 1. The Balaban J connectivity index is 1.87. The van der Waals surface area contributed by atoms with E-state index in [1.54, 1.807) is 6.20 Å². The van der Waals surface area contributed by atoms with E-state index in [1.165, 1.54) is 12.4 Å². The molecule has 1 aliphatic rings. The maximum absolute atomic E-state index is 14.0. The van der Waals surface area contributed by atoms with Gasteiger partial charge in [0, 0.05) is 38.6 Å². The van der Waals surface area contributed by atoms with Gasteiger partial charge in [-0.25, -0.2) is 19.3 Å². The van der Waals surface area contributed by atoms with Crippen molar-refractivity contribution in [1.29, 1.82) is 0 Å². The Morgan fingerprint density at radius 3 is 2.58 bits per heavy atom. The minimum atomic E-state index is -0.475. The number of hydrogen-bond donors (Lipinski definition) is 0. The van der Waals surface area contributed by atoms with E-state index in [0.29, 0.717) is 30.3 Å². The highest BCUT2D eigenvalue weighted by molar-refractivity contribution is 5.86. The molecule has 140 valence electrons. The lowest BCUT2D eigenvalue weighted by atomic mass is 9.94. The molecule has 0 unspecified atom stereocenters. The third-order valence-electron chi connectivity index (χ3n) is 4.77. The number of nitrogens with zero attached hydrogens (tertiary/aromatic N) is 6. The van der Waals surface area contributed by atoms with Crippen LogP contribution in [0.1, 0.15) is 13.3 Å². The van der Waals surface area contributed by atoms with Gasteiger partial charge in [-0.15, -0.1) is 0 Å². The monoisotopic (exact) mass is 360 g/mol. The van der Waals surface area contributed by atoms with Crippen LogP contribution >= 0.6 is 0 Å². The lowest BCUT2D eigenvalue weighted by Gasteiger charge is -2.41. The fraction of sp³-hybridized carbons (Fsp3) is 0.556. The molecule has 0 radical (unpaired) electrons. The first-order valence-corrected chi connectivity index (χ1v) is 8.77. The molecule has 1 saturated heterocycles. The Labute approximate surface area is 152 Å². The summed E-state index contributed by atoms with van der Waals surface area (Å²) in [7, 11) is 5.62. The molecule has 2 atom stereocenters. The summed E-state index contributed by atoms with van der Waals surface area (Å²) >= 11 is 0. The Bertz CT molecular complexity index is 798. The molecule has 0 saturated carbocycles. The molecule has 8 heteroatoms. The zero-order valence-electron chi connectivity index (χ0n) is 15.7. The van der Waals surface area contributed by atoms with E-state index in [2.05, 4.69) is 26.8 Å². The molecule has 3 heterocycles. The summed E-state index contributed by atoms with van der Waals surface area (Å²) in [5.41, 5.74) is 0.687. The zero-order valence-corrected chi connectivity index (χ0v) is 15.7. The number of carbonyl (C=O) groups excluding carboxylic acids is 1. The van der Waals surface area contributed by atoms with Crippen LogP contribution in [0.5, 0.6) is 0 Å². The summed E-state index contributed by atoms with van der Waals surface area (Å²) in [6, 6.07) is 0.0739. The minimum Gasteiger partial charge on any atom is -0.352 e. The normalized spacial score (nSPS) is 20.6. The number of hydrogen-bond acceptors (Lipinski definition) is 6. The number of fused-ring (bicyclic) bond motifs is 1. The number of likely N-dealkylation sites (N-methyl/N-ethyl adjacent to an activating group) is 2. The Morgan fingerprint density at radius 1 is 1.19 bits per heavy atom. The van der Waals surface area contributed by atoms with Crippen molar-refractivity contribution in [1.82, 2.24) is 24.8 Å². The summed E-state index contributed by atoms with van der Waals surface area (Å²) < 4.78 is 14.0. The average molecular weight is 360 g/mol. The lowest BCUT2D eigenvalue weighted by Crippen LogP contribution is -2.52. The second-order valence-corrected chi connectivity index (χ2v) is 7.33. The van der Waals surface area contributed by atoms with Crippen molar-refractivity contribution in [3.63, 3.8) is 0 Å². The highest BCUT2D eigenvalue weighted by atomic mass is 19.1. The quantitative estimate of drug-likeness (QED) is 0.821. The molecule has 1 amide bonds. The molecule has 1 fully saturated rings. The minimum absolute atomic E-state index is 0.0739. The van der Waals surface area contributed by atoms with E-state index in [1.807, 2.05) is 30.9 Å². The van der Waals surface area contributed by atoms with Crippen molar-refractivity contribution >= 4 is 22.8 Å². The molecule has 2 aromatic heterocycles. The first-order valence-electron chi connectivity index (χ1n) is 8.77. The molecule has 1 aliphatic heterocycles. The Kier molecular flexibility index (Phi) is 5.31. The van der Waals surface area contributed by atoms with Gasteiger partial charge in [0.1, 0.15) is 11.0 Å². The number of aromatic nitrogens is 3. The summed E-state index contributed by atoms with van der Waals surface area (Å²) in [5, 5.41) is 0. The summed E-state index contributed by atoms with van der Waals surface area (Å²) in [5.74, 6) is 0.615. The van der Waals surface area contributed by atoms with Gasteiger partial charge in [0.15, 0.2) is 11.6 Å². The van der Waals surface area contributed by atoms with Crippen LogP contribution in [0.15, 0.2) is 18.6 Å². The topological polar surface area (TPSA) is 65.5 Å². The van der Waals surface area contributed by atoms with Crippen LogP contribution in [0.25, 0.3) is 11.0 Å². The third kappa shape index (κ3) is 3.75. The Morgan fingerprint density at radius 2 is 1.88 bits per heavy atom. The van der Waals surface area contributed by atoms with Crippen LogP contribution in [0.2, 0.25) is 0 Å². The van der Waals surface area contributed by atoms with E-state index in [4.69, 9.17) is 0 Å². The van der Waals surface area contributed by atoms with Crippen LogP contribution in [0, 0.1) is 11.7 Å². The fourth-order valence-electron chi connectivity index (χ4n) is 3.51. The molecule has 0 N–H and O–H groups in total. The first kappa shape index (κ1) is 18.4. The number of halogens is 1. The smallest absolute Gasteiger partial charge is 0.236 e. The van der Waals surface area contributed by atoms with Crippen molar-refractivity contribution in [3.05, 3.63) is 24.4 Å². The third-order valence-corrected chi connectivity index (χ3v) is 4.77. The fourth-order valence-corrected chi connectivity index (χ4v) is 3.51. The predicted molar refractivity (Wildman–Crippen MR) is 98.4 cm³/mol. The number of rotatable bonds is 4. The van der Waals surface area contributed by atoms with Gasteiger partial charge in [-0.3, -0.25) is 4.79 Å². The maximum Gasteiger partial charge on any atom is 0.236 e. The van der Waals surface area contributed by atoms with Crippen molar-refractivity contribution in [2.75, 3.05) is 45.7 Å². The second kappa shape index (κ2) is 7.49. The SMILES string of the molecule is C[C@H]1C[C@@H](N(C)C(=O)CN(C)C)CN(c2ncc(F)c3nccnc23)C1. The molecule has 7 nitrogen and oxygen atoms in total. The molecule has 26 heavy (non-hydrogen) atoms. The van der Waals surface area contributed by atoms with Gasteiger partial charge in [0.25, 0.3) is 0 Å². The second-order valence-electron chi connectivity index (χ2n) is 7.33. The largest absolute Gasteiger partial charge is 0.352 e. The van der Waals surface area contributed by atoms with E-state index < -0.39 is 5.82 Å². The molecular formula is C18H25FN6O. The number of carbonyl (C=O) groups is 1. The van der Waals surface area contributed by atoms with Gasteiger partial charge in [-0.05, 0) is 26.4 Å². The summed E-state index contributed by atoms with van der Waals surface area (Å²) in [4.78, 5) is 30.9. The van der Waals surface area contributed by atoms with Crippen LogP contribution < -0.4 is 4.90 Å². The summed E-state index contributed by atoms with van der Waals surface area (Å²) in [6.07, 6.45) is 5.15. The standard InChI is InChI=1S/C18H25FN6O/c1-12-7-13(24(4)15(26)11-23(2)3)10-25(9-12)18-17-16(14(19)8-22-18)20-5-6-21-17/h5-6,8,12-13H,7,9-11H2,1-4H3/t12-,13+/m0/s1. The van der Waals surface area contributed by atoms with Gasteiger partial charge >= 0.3 is 0 Å². The molecular weight excluding hydrogens is 335 g/mol. The zero-order chi connectivity index (χ0) is 18.8. The predicted octanol–water partition coefficient (Wildman–Crippen LogP) is 1.40. The molecule has 0 spiro atoms. The average Bonchev–Trinajstić information content (AvgIpc) is 2.60. The van der Waals surface area contributed by atoms with Crippen LogP contribution in [-0.4, -0.2) is 77.5 Å². The van der Waals surface area contributed by atoms with Gasteiger partial charge in [-0.2, -0.15) is 0 Å². The molecule has 2 aromatic rings. The van der Waals surface area contributed by atoms with Crippen molar-refractivity contribution < 1.29 is 9.18 Å².